The summed E-state index contributed by atoms with van der Waals surface area (Å²) in [6, 6.07) is 17.5. The van der Waals surface area contributed by atoms with Crippen molar-refractivity contribution in [3.8, 4) is 0 Å². The number of Topliss-reactive ketones (excluding diaryl/α,β-unsaturated/α-hetero) is 1. The summed E-state index contributed by atoms with van der Waals surface area (Å²) in [5.74, 6) is 0.339. The van der Waals surface area contributed by atoms with Crippen molar-refractivity contribution in [2.24, 2.45) is 5.92 Å². The normalized spacial score (nSPS) is 16.7. The molecule has 0 unspecified atom stereocenters. The molecule has 0 aliphatic heterocycles. The van der Waals surface area contributed by atoms with Gasteiger partial charge in [-0.2, -0.15) is 5.10 Å². The predicted molar refractivity (Wildman–Crippen MR) is 135 cm³/mol. The van der Waals surface area contributed by atoms with Crippen LogP contribution >= 0.6 is 0 Å². The molecule has 1 aromatic heterocycles. The maximum atomic E-state index is 13.0. The van der Waals surface area contributed by atoms with Crippen LogP contribution in [0, 0.1) is 5.92 Å². The SMILES string of the molecule is CN(C)c1cccc(C2(c3cccc(N(C)C)c3)C=Cc3c(C(=O)C4CCC4)n[nH]c3C2)c1. The molecule has 5 nitrogen and oxygen atoms in total. The number of aromatic nitrogens is 2. The van der Waals surface area contributed by atoms with E-state index < -0.39 is 0 Å². The molecule has 2 aromatic carbocycles. The number of nitrogens with zero attached hydrogens (tertiary/aromatic N) is 3. The zero-order chi connectivity index (χ0) is 23.2. The molecule has 1 saturated carbocycles. The molecule has 1 N–H and O–H groups in total. The quantitative estimate of drug-likeness (QED) is 0.543. The Morgan fingerprint density at radius 2 is 1.58 bits per heavy atom. The summed E-state index contributed by atoms with van der Waals surface area (Å²) in [4.78, 5) is 17.2. The van der Waals surface area contributed by atoms with Gasteiger partial charge in [-0.15, -0.1) is 0 Å². The highest BCUT2D eigenvalue weighted by molar-refractivity contribution is 6.00. The van der Waals surface area contributed by atoms with E-state index >= 15 is 0 Å². The molecule has 0 amide bonds. The first-order valence-electron chi connectivity index (χ1n) is 11.8. The lowest BCUT2D eigenvalue weighted by Crippen LogP contribution is -2.31. The van der Waals surface area contributed by atoms with Crippen LogP contribution < -0.4 is 9.80 Å². The summed E-state index contributed by atoms with van der Waals surface area (Å²) in [7, 11) is 8.28. The predicted octanol–water partition coefficient (Wildman–Crippen LogP) is 5.08. The van der Waals surface area contributed by atoms with E-state index in [1.807, 2.05) is 0 Å². The fourth-order valence-electron chi connectivity index (χ4n) is 5.00. The van der Waals surface area contributed by atoms with Crippen LogP contribution in [-0.2, 0) is 11.8 Å². The van der Waals surface area contributed by atoms with Crippen molar-refractivity contribution >= 4 is 23.2 Å². The zero-order valence-corrected chi connectivity index (χ0v) is 19.9. The molecule has 0 radical (unpaired) electrons. The van der Waals surface area contributed by atoms with Crippen LogP contribution in [0.3, 0.4) is 0 Å². The Morgan fingerprint density at radius 3 is 2.09 bits per heavy atom. The van der Waals surface area contributed by atoms with Gasteiger partial charge >= 0.3 is 0 Å². The molecule has 33 heavy (non-hydrogen) atoms. The highest BCUT2D eigenvalue weighted by Crippen LogP contribution is 2.44. The van der Waals surface area contributed by atoms with Gasteiger partial charge in [0, 0.05) is 68.6 Å². The molecule has 0 bridgehead atoms. The van der Waals surface area contributed by atoms with Gasteiger partial charge in [0.25, 0.3) is 0 Å². The Morgan fingerprint density at radius 1 is 0.970 bits per heavy atom. The minimum absolute atomic E-state index is 0.144. The lowest BCUT2D eigenvalue weighted by molar-refractivity contribution is 0.0849. The van der Waals surface area contributed by atoms with Crippen molar-refractivity contribution in [2.45, 2.75) is 31.1 Å². The number of nitrogens with one attached hydrogen (secondary N) is 1. The van der Waals surface area contributed by atoms with E-state index in [-0.39, 0.29) is 17.1 Å². The van der Waals surface area contributed by atoms with E-state index in [1.165, 1.54) is 22.5 Å². The van der Waals surface area contributed by atoms with E-state index in [1.54, 1.807) is 0 Å². The van der Waals surface area contributed by atoms with Crippen LogP contribution in [0.15, 0.2) is 54.6 Å². The third kappa shape index (κ3) is 3.65. The number of anilines is 2. The van der Waals surface area contributed by atoms with Gasteiger partial charge in [0.05, 0.1) is 0 Å². The number of ketones is 1. The number of hydrogen-bond acceptors (Lipinski definition) is 4. The Hall–Kier alpha value is -3.34. The van der Waals surface area contributed by atoms with Crippen molar-refractivity contribution in [3.63, 3.8) is 0 Å². The molecule has 5 rings (SSSR count). The number of aromatic amines is 1. The van der Waals surface area contributed by atoms with Crippen LogP contribution in [0.1, 0.15) is 52.1 Å². The maximum Gasteiger partial charge on any atom is 0.186 e. The molecule has 170 valence electrons. The summed E-state index contributed by atoms with van der Waals surface area (Å²) in [6.45, 7) is 0. The van der Waals surface area contributed by atoms with Crippen molar-refractivity contribution in [3.05, 3.63) is 82.7 Å². The van der Waals surface area contributed by atoms with E-state index in [4.69, 9.17) is 0 Å². The molecule has 2 aliphatic rings. The summed E-state index contributed by atoms with van der Waals surface area (Å²) in [5.41, 5.74) is 7.06. The molecule has 0 spiro atoms. The molecule has 3 aromatic rings. The Kier molecular flexibility index (Phi) is 5.35. The summed E-state index contributed by atoms with van der Waals surface area (Å²) >= 11 is 0. The molecule has 2 aliphatic carbocycles. The van der Waals surface area contributed by atoms with Gasteiger partial charge in [-0.25, -0.2) is 0 Å². The van der Waals surface area contributed by atoms with Gasteiger partial charge in [-0.05, 0) is 48.2 Å². The van der Waals surface area contributed by atoms with Crippen LogP contribution in [0.5, 0.6) is 0 Å². The first kappa shape index (κ1) is 21.5. The zero-order valence-electron chi connectivity index (χ0n) is 19.9. The summed E-state index contributed by atoms with van der Waals surface area (Å²) in [5, 5.41) is 7.74. The first-order chi connectivity index (χ1) is 15.9. The van der Waals surface area contributed by atoms with Gasteiger partial charge in [0.15, 0.2) is 5.78 Å². The third-order valence-electron chi connectivity index (χ3n) is 7.34. The second-order valence-electron chi connectivity index (χ2n) is 9.83. The number of hydrogen-bond donors (Lipinski definition) is 1. The van der Waals surface area contributed by atoms with Gasteiger partial charge < -0.3 is 9.80 Å². The third-order valence-corrected chi connectivity index (χ3v) is 7.34. The standard InChI is InChI=1S/C28H32N4O/c1-31(2)22-12-6-10-20(16-22)28(21-11-7-13-23(17-21)32(3)4)15-14-24-25(18-28)29-30-26(24)27(33)19-8-5-9-19/h6-7,10-17,19H,5,8-9,18H2,1-4H3,(H,29,30). The largest absolute Gasteiger partial charge is 0.378 e. The monoisotopic (exact) mass is 440 g/mol. The summed E-state index contributed by atoms with van der Waals surface area (Å²) < 4.78 is 0. The molecule has 5 heteroatoms. The van der Waals surface area contributed by atoms with Crippen molar-refractivity contribution in [1.82, 2.24) is 10.2 Å². The number of carbonyl (C=O) groups excluding carboxylic acids is 1. The first-order valence-corrected chi connectivity index (χ1v) is 11.8. The molecule has 0 atom stereocenters. The van der Waals surface area contributed by atoms with E-state index in [9.17, 15) is 4.79 Å². The van der Waals surface area contributed by atoms with Crippen LogP contribution in [0.2, 0.25) is 0 Å². The minimum Gasteiger partial charge on any atom is -0.378 e. The Balaban J connectivity index is 1.64. The molecular weight excluding hydrogens is 408 g/mol. The number of H-pyrrole nitrogens is 1. The fourth-order valence-corrected chi connectivity index (χ4v) is 5.00. The van der Waals surface area contributed by atoms with Gasteiger partial charge in [0.1, 0.15) is 5.69 Å². The van der Waals surface area contributed by atoms with Crippen molar-refractivity contribution < 1.29 is 4.79 Å². The molecular formula is C28H32N4O. The topological polar surface area (TPSA) is 52.2 Å². The maximum absolute atomic E-state index is 13.0. The number of carbonyl (C=O) groups is 1. The van der Waals surface area contributed by atoms with Crippen LogP contribution in [0.4, 0.5) is 11.4 Å². The Labute approximate surface area is 196 Å². The van der Waals surface area contributed by atoms with E-state index in [2.05, 4.69) is 109 Å². The average molecular weight is 441 g/mol. The summed E-state index contributed by atoms with van der Waals surface area (Å²) in [6.07, 6.45) is 8.26. The highest BCUT2D eigenvalue weighted by atomic mass is 16.1. The van der Waals surface area contributed by atoms with Crippen LogP contribution in [-0.4, -0.2) is 44.2 Å². The molecule has 1 fully saturated rings. The molecule has 0 saturated heterocycles. The van der Waals surface area contributed by atoms with Crippen molar-refractivity contribution in [2.75, 3.05) is 38.0 Å². The van der Waals surface area contributed by atoms with E-state index in [0.29, 0.717) is 5.69 Å². The Bertz CT molecular complexity index is 1160. The molecule has 1 heterocycles. The lowest BCUT2D eigenvalue weighted by Gasteiger charge is -2.35. The smallest absolute Gasteiger partial charge is 0.186 e. The average Bonchev–Trinajstić information content (AvgIpc) is 3.21. The van der Waals surface area contributed by atoms with Crippen LogP contribution in [0.25, 0.3) is 6.08 Å². The lowest BCUT2D eigenvalue weighted by atomic mass is 9.68. The second-order valence-corrected chi connectivity index (χ2v) is 9.83. The number of rotatable bonds is 6. The van der Waals surface area contributed by atoms with Gasteiger partial charge in [-0.1, -0.05) is 42.8 Å². The number of allylic oxidation sites excluding steroid dienone is 1. The van der Waals surface area contributed by atoms with Crippen molar-refractivity contribution in [1.29, 1.82) is 0 Å². The highest BCUT2D eigenvalue weighted by Gasteiger charge is 2.39. The number of benzene rings is 2. The fraction of sp³-hybridized carbons (Fsp3) is 0.357. The second kappa shape index (κ2) is 8.22. The van der Waals surface area contributed by atoms with E-state index in [0.717, 1.165) is 36.9 Å². The number of fused-ring (bicyclic) bond motifs is 1. The van der Waals surface area contributed by atoms with Gasteiger partial charge in [-0.3, -0.25) is 9.89 Å². The minimum atomic E-state index is -0.353. The van der Waals surface area contributed by atoms with Gasteiger partial charge in [0.2, 0.25) is 0 Å².